The van der Waals surface area contributed by atoms with E-state index in [2.05, 4.69) is 49.5 Å². The molecule has 0 saturated heterocycles. The van der Waals surface area contributed by atoms with E-state index in [9.17, 15) is 5.11 Å². The van der Waals surface area contributed by atoms with Crippen molar-refractivity contribution in [1.29, 1.82) is 0 Å². The Hall–Kier alpha value is -1.12. The minimum Gasteiger partial charge on any atom is -0.396 e. The summed E-state index contributed by atoms with van der Waals surface area (Å²) in [5, 5.41) is 13.0. The quantitative estimate of drug-likeness (QED) is 0.816. The molecule has 3 rings (SSSR count). The molecule has 0 unspecified atom stereocenters. The Morgan fingerprint density at radius 2 is 2.11 bits per heavy atom. The fourth-order valence-corrected chi connectivity index (χ4v) is 3.73. The summed E-state index contributed by atoms with van der Waals surface area (Å²) in [6, 6.07) is 7.54. The Morgan fingerprint density at radius 1 is 1.26 bits per heavy atom. The molecule has 19 heavy (non-hydrogen) atoms. The van der Waals surface area contributed by atoms with Crippen LogP contribution in [0, 0.1) is 12.8 Å². The molecule has 4 atom stereocenters. The highest BCUT2D eigenvalue weighted by Gasteiger charge is 2.31. The van der Waals surface area contributed by atoms with Gasteiger partial charge < -0.3 is 10.4 Å². The molecular formula is C17H23NO. The molecule has 2 aliphatic rings. The van der Waals surface area contributed by atoms with E-state index < -0.39 is 0 Å². The van der Waals surface area contributed by atoms with Crippen LogP contribution in [-0.4, -0.2) is 17.8 Å². The van der Waals surface area contributed by atoms with E-state index in [-0.39, 0.29) is 6.61 Å². The Balaban J connectivity index is 1.75. The van der Waals surface area contributed by atoms with Gasteiger partial charge in [0.2, 0.25) is 0 Å². The van der Waals surface area contributed by atoms with Crippen molar-refractivity contribution in [1.82, 2.24) is 5.32 Å². The molecule has 0 bridgehead atoms. The van der Waals surface area contributed by atoms with Crippen LogP contribution in [0.3, 0.4) is 0 Å². The molecule has 2 heteroatoms. The molecule has 2 N–H and O–H groups in total. The molecule has 2 nitrogen and oxygen atoms in total. The van der Waals surface area contributed by atoms with E-state index in [1.54, 1.807) is 5.56 Å². The molecule has 0 radical (unpaired) electrons. The van der Waals surface area contributed by atoms with Gasteiger partial charge in [0.15, 0.2) is 0 Å². The van der Waals surface area contributed by atoms with Gasteiger partial charge in [0.05, 0.1) is 0 Å². The summed E-state index contributed by atoms with van der Waals surface area (Å²) in [6.45, 7) is 4.81. The minimum absolute atomic E-state index is 0.269. The third-order valence-corrected chi connectivity index (χ3v) is 4.64. The molecule has 0 fully saturated rings. The van der Waals surface area contributed by atoms with Gasteiger partial charge in [-0.3, -0.25) is 0 Å². The van der Waals surface area contributed by atoms with E-state index >= 15 is 0 Å². The molecule has 0 spiro atoms. The topological polar surface area (TPSA) is 32.3 Å². The van der Waals surface area contributed by atoms with Crippen molar-refractivity contribution in [3.63, 3.8) is 0 Å². The second-order valence-corrected chi connectivity index (χ2v) is 6.10. The smallest absolute Gasteiger partial charge is 0.0494 e. The lowest BCUT2D eigenvalue weighted by Crippen LogP contribution is -2.29. The van der Waals surface area contributed by atoms with Crippen molar-refractivity contribution in [2.24, 2.45) is 5.92 Å². The van der Waals surface area contributed by atoms with Gasteiger partial charge in [-0.05, 0) is 42.4 Å². The number of aliphatic hydroxyl groups is 1. The highest BCUT2D eigenvalue weighted by Crippen LogP contribution is 2.42. The molecule has 0 saturated carbocycles. The van der Waals surface area contributed by atoms with Crippen LogP contribution in [0.25, 0.3) is 0 Å². The first kappa shape index (κ1) is 12.9. The Morgan fingerprint density at radius 3 is 2.84 bits per heavy atom. The molecule has 2 aliphatic carbocycles. The molecule has 0 aliphatic heterocycles. The second-order valence-electron chi connectivity index (χ2n) is 6.10. The lowest BCUT2D eigenvalue weighted by Gasteiger charge is -2.20. The number of fused-ring (bicyclic) bond motifs is 1. The molecular weight excluding hydrogens is 234 g/mol. The van der Waals surface area contributed by atoms with Crippen LogP contribution in [0.15, 0.2) is 30.4 Å². The van der Waals surface area contributed by atoms with E-state index in [4.69, 9.17) is 0 Å². The van der Waals surface area contributed by atoms with Crippen LogP contribution in [0.5, 0.6) is 0 Å². The largest absolute Gasteiger partial charge is 0.396 e. The molecule has 1 aromatic rings. The van der Waals surface area contributed by atoms with E-state index in [1.807, 2.05) is 0 Å². The number of hydrogen-bond donors (Lipinski definition) is 2. The van der Waals surface area contributed by atoms with Gasteiger partial charge >= 0.3 is 0 Å². The molecule has 0 aromatic heterocycles. The molecule has 0 amide bonds. The summed E-state index contributed by atoms with van der Waals surface area (Å²) < 4.78 is 0. The number of aryl methyl sites for hydroxylation is 1. The first-order valence-electron chi connectivity index (χ1n) is 7.33. The predicted octanol–water partition coefficient (Wildman–Crippen LogP) is 3.07. The third-order valence-electron chi connectivity index (χ3n) is 4.64. The monoisotopic (exact) mass is 257 g/mol. The average Bonchev–Trinajstić information content (AvgIpc) is 2.96. The highest BCUT2D eigenvalue weighted by molar-refractivity contribution is 5.43. The van der Waals surface area contributed by atoms with Crippen LogP contribution >= 0.6 is 0 Å². The van der Waals surface area contributed by atoms with E-state index in [0.29, 0.717) is 23.9 Å². The second kappa shape index (κ2) is 5.10. The van der Waals surface area contributed by atoms with Gasteiger partial charge in [0, 0.05) is 24.6 Å². The number of aliphatic hydroxyl groups excluding tert-OH is 1. The van der Waals surface area contributed by atoms with Crippen molar-refractivity contribution in [3.8, 4) is 0 Å². The van der Waals surface area contributed by atoms with E-state index in [0.717, 1.165) is 6.42 Å². The summed E-state index contributed by atoms with van der Waals surface area (Å²) in [5.74, 6) is 0.987. The molecule has 102 valence electrons. The Labute approximate surface area is 115 Å². The minimum atomic E-state index is 0.269. The lowest BCUT2D eigenvalue weighted by molar-refractivity contribution is 0.244. The normalized spacial score (nSPS) is 32.8. The van der Waals surface area contributed by atoms with Gasteiger partial charge in [-0.15, -0.1) is 0 Å². The van der Waals surface area contributed by atoms with Crippen molar-refractivity contribution in [2.45, 2.75) is 44.7 Å². The summed E-state index contributed by atoms with van der Waals surface area (Å²) in [4.78, 5) is 0. The summed E-state index contributed by atoms with van der Waals surface area (Å²) in [5.41, 5.74) is 4.44. The lowest BCUT2D eigenvalue weighted by atomic mass is 9.98. The maximum Gasteiger partial charge on any atom is 0.0494 e. The number of benzene rings is 1. The van der Waals surface area contributed by atoms with Crippen molar-refractivity contribution in [2.75, 3.05) is 6.61 Å². The molecule has 1 aromatic carbocycles. The fourth-order valence-electron chi connectivity index (χ4n) is 3.73. The third kappa shape index (κ3) is 2.35. The average molecular weight is 257 g/mol. The highest BCUT2D eigenvalue weighted by atomic mass is 16.3. The van der Waals surface area contributed by atoms with Crippen LogP contribution in [0.4, 0.5) is 0 Å². The number of nitrogens with one attached hydrogen (secondary N) is 1. The first-order valence-corrected chi connectivity index (χ1v) is 7.33. The Bertz CT molecular complexity index is 494. The number of hydrogen-bond acceptors (Lipinski definition) is 2. The van der Waals surface area contributed by atoms with Crippen LogP contribution in [0.2, 0.25) is 0 Å². The van der Waals surface area contributed by atoms with Crippen LogP contribution in [-0.2, 0) is 0 Å². The van der Waals surface area contributed by atoms with Gasteiger partial charge in [-0.2, -0.15) is 0 Å². The summed E-state index contributed by atoms with van der Waals surface area (Å²) in [6.07, 6.45) is 6.59. The Kier molecular flexibility index (Phi) is 3.46. The van der Waals surface area contributed by atoms with Gasteiger partial charge in [-0.1, -0.05) is 37.3 Å². The summed E-state index contributed by atoms with van der Waals surface area (Å²) >= 11 is 0. The number of rotatable bonds is 3. The maximum absolute atomic E-state index is 9.20. The van der Waals surface area contributed by atoms with Crippen molar-refractivity contribution >= 4 is 0 Å². The first-order chi connectivity index (χ1) is 9.19. The predicted molar refractivity (Wildman–Crippen MR) is 78.2 cm³/mol. The standard InChI is InChI=1S/C17H23NO/c1-11-4-3-5-15-16(8-12(2)17(11)15)18-14-7-6-13(9-14)10-19/h3-7,12-14,16,18-19H,8-10H2,1-2H3/t12-,13-,14+,16-/m0/s1. The van der Waals surface area contributed by atoms with E-state index in [1.165, 1.54) is 17.5 Å². The maximum atomic E-state index is 9.20. The summed E-state index contributed by atoms with van der Waals surface area (Å²) in [7, 11) is 0. The zero-order valence-corrected chi connectivity index (χ0v) is 11.8. The van der Waals surface area contributed by atoms with Crippen LogP contribution < -0.4 is 5.32 Å². The van der Waals surface area contributed by atoms with Gasteiger partial charge in [0.1, 0.15) is 0 Å². The van der Waals surface area contributed by atoms with Gasteiger partial charge in [-0.25, -0.2) is 0 Å². The van der Waals surface area contributed by atoms with Crippen molar-refractivity contribution in [3.05, 3.63) is 47.0 Å². The molecule has 0 heterocycles. The van der Waals surface area contributed by atoms with Gasteiger partial charge in [0.25, 0.3) is 0 Å². The van der Waals surface area contributed by atoms with Crippen molar-refractivity contribution < 1.29 is 5.11 Å². The SMILES string of the molecule is Cc1cccc2c1[C@@H](C)C[C@@H]2N[C@@H]1C=C[C@H](CO)C1. The van der Waals surface area contributed by atoms with Crippen LogP contribution in [0.1, 0.15) is 48.4 Å². The fraction of sp³-hybridized carbons (Fsp3) is 0.529. The zero-order valence-electron chi connectivity index (χ0n) is 11.8. The zero-order chi connectivity index (χ0) is 13.4.